The van der Waals surface area contributed by atoms with E-state index in [0.29, 0.717) is 41.8 Å². The quantitative estimate of drug-likeness (QED) is 0.293. The molecule has 0 aliphatic carbocycles. The van der Waals surface area contributed by atoms with E-state index in [0.717, 1.165) is 22.1 Å². The number of nitrogen functional groups attached to an aromatic ring is 1. The molecule has 0 radical (unpaired) electrons. The Morgan fingerprint density at radius 3 is 2.77 bits per heavy atom. The van der Waals surface area contributed by atoms with E-state index in [1.165, 1.54) is 6.20 Å². The number of carbonyl (C=O) groups excluding carboxylic acids is 2. The summed E-state index contributed by atoms with van der Waals surface area (Å²) >= 11 is 0. The van der Waals surface area contributed by atoms with Gasteiger partial charge in [-0.15, -0.1) is 0 Å². The Bertz CT molecular complexity index is 1460. The van der Waals surface area contributed by atoms with Crippen LogP contribution in [0.4, 0.5) is 11.6 Å². The summed E-state index contributed by atoms with van der Waals surface area (Å²) in [7, 11) is 0. The number of hydrogen-bond donors (Lipinski definition) is 3. The molecule has 4 aromatic rings. The molecule has 4 N–H and O–H groups in total. The van der Waals surface area contributed by atoms with Gasteiger partial charge in [0.2, 0.25) is 0 Å². The van der Waals surface area contributed by atoms with Gasteiger partial charge >= 0.3 is 11.8 Å². The van der Waals surface area contributed by atoms with Crippen molar-refractivity contribution in [3.63, 3.8) is 0 Å². The summed E-state index contributed by atoms with van der Waals surface area (Å²) in [6, 6.07) is 14.8. The van der Waals surface area contributed by atoms with Gasteiger partial charge < -0.3 is 16.4 Å². The van der Waals surface area contributed by atoms with Crippen molar-refractivity contribution in [2.45, 2.75) is 19.8 Å². The van der Waals surface area contributed by atoms with Crippen LogP contribution in [0.2, 0.25) is 0 Å². The van der Waals surface area contributed by atoms with Gasteiger partial charge in [0.25, 0.3) is 0 Å². The maximum atomic E-state index is 12.4. The Hall–Kier alpha value is -4.84. The van der Waals surface area contributed by atoms with E-state index in [1.54, 1.807) is 24.5 Å². The molecule has 0 spiro atoms. The third-order valence-electron chi connectivity index (χ3n) is 5.49. The number of rotatable bonds is 6. The maximum Gasteiger partial charge on any atom is 0.314 e. The van der Waals surface area contributed by atoms with E-state index >= 15 is 0 Å². The fourth-order valence-electron chi connectivity index (χ4n) is 3.66. The van der Waals surface area contributed by atoms with Crippen LogP contribution in [0.3, 0.4) is 0 Å². The summed E-state index contributed by atoms with van der Waals surface area (Å²) in [6.45, 7) is 2.28. The first kappa shape index (κ1) is 23.3. The number of anilines is 2. The molecule has 4 rings (SSSR count). The second-order valence-electron chi connectivity index (χ2n) is 8.00. The molecule has 0 fully saturated rings. The van der Waals surface area contributed by atoms with E-state index < -0.39 is 11.8 Å². The Kier molecular flexibility index (Phi) is 6.93. The van der Waals surface area contributed by atoms with E-state index in [-0.39, 0.29) is 5.82 Å². The third kappa shape index (κ3) is 5.57. The molecule has 0 atom stereocenters. The van der Waals surface area contributed by atoms with Gasteiger partial charge in [-0.05, 0) is 66.6 Å². The zero-order valence-electron chi connectivity index (χ0n) is 19.1. The summed E-state index contributed by atoms with van der Waals surface area (Å²) in [5.41, 5.74) is 10.2. The zero-order chi connectivity index (χ0) is 24.8. The molecule has 0 bridgehead atoms. The molecule has 35 heavy (non-hydrogen) atoms. The molecule has 9 heteroatoms. The molecule has 0 unspecified atom stereocenters. The average Bonchev–Trinajstić information content (AvgIpc) is 2.86. The van der Waals surface area contributed by atoms with Crippen LogP contribution < -0.4 is 16.4 Å². The van der Waals surface area contributed by atoms with E-state index in [4.69, 9.17) is 11.0 Å². The Morgan fingerprint density at radius 1 is 1.11 bits per heavy atom. The van der Waals surface area contributed by atoms with Crippen molar-refractivity contribution in [1.82, 2.24) is 20.3 Å². The van der Waals surface area contributed by atoms with Crippen molar-refractivity contribution < 1.29 is 9.59 Å². The van der Waals surface area contributed by atoms with Gasteiger partial charge in [-0.2, -0.15) is 5.26 Å². The summed E-state index contributed by atoms with van der Waals surface area (Å²) < 4.78 is 0. The van der Waals surface area contributed by atoms with Crippen LogP contribution in [-0.2, 0) is 16.0 Å². The molecular formula is C26H23N7O2. The molecule has 0 aliphatic rings. The van der Waals surface area contributed by atoms with Crippen molar-refractivity contribution in [3.05, 3.63) is 77.7 Å². The lowest BCUT2D eigenvalue weighted by Gasteiger charge is -2.10. The van der Waals surface area contributed by atoms with Crippen LogP contribution in [0.15, 0.2) is 61.1 Å². The number of aromatic nitrogens is 3. The van der Waals surface area contributed by atoms with Gasteiger partial charge in [-0.3, -0.25) is 14.6 Å². The first-order chi connectivity index (χ1) is 16.9. The van der Waals surface area contributed by atoms with Gasteiger partial charge in [0, 0.05) is 36.1 Å². The van der Waals surface area contributed by atoms with E-state index in [9.17, 15) is 9.59 Å². The molecule has 1 aromatic carbocycles. The molecule has 0 saturated heterocycles. The predicted molar refractivity (Wildman–Crippen MR) is 133 cm³/mol. The molecule has 174 valence electrons. The molecule has 0 saturated carbocycles. The minimum absolute atomic E-state index is 0.227. The molecule has 9 nitrogen and oxygen atoms in total. The monoisotopic (exact) mass is 465 g/mol. The van der Waals surface area contributed by atoms with E-state index in [2.05, 4.69) is 31.7 Å². The lowest BCUT2D eigenvalue weighted by molar-refractivity contribution is -0.136. The van der Waals surface area contributed by atoms with Gasteiger partial charge in [0.1, 0.15) is 11.6 Å². The first-order valence-electron chi connectivity index (χ1n) is 11.0. The van der Waals surface area contributed by atoms with Crippen LogP contribution in [-0.4, -0.2) is 33.3 Å². The Balaban J connectivity index is 1.39. The number of benzene rings is 1. The largest absolute Gasteiger partial charge is 0.383 e. The van der Waals surface area contributed by atoms with Gasteiger partial charge in [0.15, 0.2) is 0 Å². The fourth-order valence-corrected chi connectivity index (χ4v) is 3.66. The van der Waals surface area contributed by atoms with Gasteiger partial charge in [-0.25, -0.2) is 9.97 Å². The van der Waals surface area contributed by atoms with Crippen LogP contribution in [0.5, 0.6) is 0 Å². The number of carbonyl (C=O) groups is 2. The minimum atomic E-state index is -0.811. The van der Waals surface area contributed by atoms with Gasteiger partial charge in [0.05, 0.1) is 17.3 Å². The highest BCUT2D eigenvalue weighted by molar-refractivity contribution is 6.39. The topological polar surface area (TPSA) is 147 Å². The number of nitrogens with two attached hydrogens (primary N) is 1. The number of nitrogens with one attached hydrogen (secondary N) is 2. The average molecular weight is 466 g/mol. The lowest BCUT2D eigenvalue weighted by atomic mass is 10.1. The molecule has 2 amide bonds. The Morgan fingerprint density at radius 2 is 1.97 bits per heavy atom. The standard InChI is InChI=1S/C26H23N7O2/c1-16-7-9-29-14-20(16)22-11-19-12-23(31-15-21(19)24(28)32-22)33-26(35)25(34)30-8-3-6-17-4-2-5-18(10-17)13-27/h2,4-5,7,9-12,14-15H,3,6,8H2,1H3,(H2,28,32)(H,30,34)(H,31,33,35). The second-order valence-corrected chi connectivity index (χ2v) is 8.00. The van der Waals surface area contributed by atoms with Crippen molar-refractivity contribution >= 4 is 34.2 Å². The van der Waals surface area contributed by atoms with Crippen LogP contribution >= 0.6 is 0 Å². The SMILES string of the molecule is Cc1ccncc1-c1cc2cc(NC(=O)C(=O)NCCCc3cccc(C#N)c3)ncc2c(N)n1. The smallest absolute Gasteiger partial charge is 0.314 e. The highest BCUT2D eigenvalue weighted by atomic mass is 16.2. The summed E-state index contributed by atoms with van der Waals surface area (Å²) in [4.78, 5) is 37.4. The number of nitriles is 1. The minimum Gasteiger partial charge on any atom is -0.383 e. The number of nitrogens with zero attached hydrogens (tertiary/aromatic N) is 4. The van der Waals surface area contributed by atoms with Crippen molar-refractivity contribution in [3.8, 4) is 17.3 Å². The maximum absolute atomic E-state index is 12.4. The number of pyridine rings is 3. The number of amides is 2. The van der Waals surface area contributed by atoms with Gasteiger partial charge in [-0.1, -0.05) is 12.1 Å². The number of aryl methyl sites for hydroxylation is 2. The van der Waals surface area contributed by atoms with Crippen LogP contribution in [0.1, 0.15) is 23.1 Å². The van der Waals surface area contributed by atoms with Crippen LogP contribution in [0, 0.1) is 18.3 Å². The summed E-state index contributed by atoms with van der Waals surface area (Å²) in [6.07, 6.45) is 6.25. The summed E-state index contributed by atoms with van der Waals surface area (Å²) in [5.74, 6) is -1.03. The molecule has 0 aliphatic heterocycles. The lowest BCUT2D eigenvalue weighted by Crippen LogP contribution is -2.36. The third-order valence-corrected chi connectivity index (χ3v) is 5.49. The van der Waals surface area contributed by atoms with Crippen LogP contribution in [0.25, 0.3) is 22.0 Å². The Labute approximate surface area is 202 Å². The fraction of sp³-hybridized carbons (Fsp3) is 0.154. The van der Waals surface area contributed by atoms with Crippen molar-refractivity contribution in [2.75, 3.05) is 17.6 Å². The number of hydrogen-bond acceptors (Lipinski definition) is 7. The van der Waals surface area contributed by atoms with Crippen molar-refractivity contribution in [1.29, 1.82) is 5.26 Å². The molecule has 3 heterocycles. The number of fused-ring (bicyclic) bond motifs is 1. The predicted octanol–water partition coefficient (Wildman–Crippen LogP) is 3.14. The normalized spacial score (nSPS) is 10.5. The second kappa shape index (κ2) is 10.4. The summed E-state index contributed by atoms with van der Waals surface area (Å²) in [5, 5.41) is 15.5. The van der Waals surface area contributed by atoms with E-state index in [1.807, 2.05) is 37.3 Å². The zero-order valence-corrected chi connectivity index (χ0v) is 19.1. The van der Waals surface area contributed by atoms with Crippen molar-refractivity contribution in [2.24, 2.45) is 0 Å². The molecular weight excluding hydrogens is 442 g/mol. The highest BCUT2D eigenvalue weighted by Gasteiger charge is 2.15. The first-order valence-corrected chi connectivity index (χ1v) is 11.0. The highest BCUT2D eigenvalue weighted by Crippen LogP contribution is 2.28. The molecule has 3 aromatic heterocycles.